The van der Waals surface area contributed by atoms with E-state index in [1.165, 1.54) is 14.2 Å². The maximum atomic E-state index is 13.0. The van der Waals surface area contributed by atoms with Crippen LogP contribution in [0.2, 0.25) is 0 Å². The van der Waals surface area contributed by atoms with Gasteiger partial charge in [-0.3, -0.25) is 4.79 Å². The lowest BCUT2D eigenvalue weighted by atomic mass is 9.62. The van der Waals surface area contributed by atoms with Gasteiger partial charge in [-0.2, -0.15) is 0 Å². The zero-order valence-corrected chi connectivity index (χ0v) is 20.9. The molecule has 0 radical (unpaired) electrons. The van der Waals surface area contributed by atoms with Gasteiger partial charge in [0.05, 0.1) is 14.2 Å². The van der Waals surface area contributed by atoms with Gasteiger partial charge >= 0.3 is 5.97 Å². The van der Waals surface area contributed by atoms with E-state index < -0.39 is 11.5 Å². The van der Waals surface area contributed by atoms with Gasteiger partial charge in [-0.05, 0) is 43.9 Å². The lowest BCUT2D eigenvalue weighted by molar-refractivity contribution is -0.148. The first kappa shape index (κ1) is 23.3. The summed E-state index contributed by atoms with van der Waals surface area (Å²) in [6, 6.07) is 1.88. The van der Waals surface area contributed by atoms with Crippen LogP contribution in [0.15, 0.2) is 40.9 Å². The van der Waals surface area contributed by atoms with E-state index in [2.05, 4.69) is 13.8 Å². The fourth-order valence-corrected chi connectivity index (χ4v) is 5.62. The molecule has 0 N–H and O–H groups in total. The minimum absolute atomic E-state index is 0.0627. The van der Waals surface area contributed by atoms with Gasteiger partial charge in [0.1, 0.15) is 18.1 Å². The smallest absolute Gasteiger partial charge is 0.333 e. The Bertz CT molecular complexity index is 1210. The first-order valence-corrected chi connectivity index (χ1v) is 11.8. The Morgan fingerprint density at radius 3 is 2.60 bits per heavy atom. The van der Waals surface area contributed by atoms with E-state index in [-0.39, 0.29) is 42.7 Å². The molecule has 0 amide bonds. The summed E-state index contributed by atoms with van der Waals surface area (Å²) in [4.78, 5) is 26.0. The molecule has 1 aromatic rings. The van der Waals surface area contributed by atoms with Gasteiger partial charge in [0.15, 0.2) is 17.3 Å². The van der Waals surface area contributed by atoms with Crippen LogP contribution in [0, 0.1) is 11.8 Å². The number of esters is 1. The largest absolute Gasteiger partial charge is 0.496 e. The molecule has 8 heteroatoms. The molecule has 2 aliphatic carbocycles. The fourth-order valence-electron chi connectivity index (χ4n) is 5.62. The van der Waals surface area contributed by atoms with Crippen molar-refractivity contribution < 1.29 is 38.0 Å². The van der Waals surface area contributed by atoms with Crippen molar-refractivity contribution in [2.75, 3.05) is 27.6 Å². The Morgan fingerprint density at radius 1 is 1.14 bits per heavy atom. The van der Waals surface area contributed by atoms with Gasteiger partial charge in [0, 0.05) is 22.6 Å². The van der Waals surface area contributed by atoms with Crippen molar-refractivity contribution in [3.05, 3.63) is 52.0 Å². The molecule has 5 rings (SSSR count). The Morgan fingerprint density at radius 2 is 1.91 bits per heavy atom. The van der Waals surface area contributed by atoms with E-state index in [9.17, 15) is 9.59 Å². The fraction of sp³-hybridized carbons (Fsp3) is 0.481. The maximum Gasteiger partial charge on any atom is 0.333 e. The summed E-state index contributed by atoms with van der Waals surface area (Å²) < 4.78 is 35.4. The topological polar surface area (TPSA) is 89.5 Å². The minimum atomic E-state index is -0.922. The van der Waals surface area contributed by atoms with Crippen LogP contribution in [-0.2, 0) is 29.2 Å². The molecule has 8 nitrogen and oxygen atoms in total. The molecule has 0 bridgehead atoms. The van der Waals surface area contributed by atoms with E-state index in [0.29, 0.717) is 35.0 Å². The lowest BCUT2D eigenvalue weighted by Crippen LogP contribution is -2.42. The molecular formula is C27H30O8. The van der Waals surface area contributed by atoms with Crippen LogP contribution in [0.1, 0.15) is 51.3 Å². The zero-order valence-electron chi connectivity index (χ0n) is 20.9. The molecule has 0 saturated heterocycles. The Kier molecular flexibility index (Phi) is 5.57. The molecule has 35 heavy (non-hydrogen) atoms. The van der Waals surface area contributed by atoms with Crippen molar-refractivity contribution in [3.63, 3.8) is 0 Å². The number of ketones is 1. The van der Waals surface area contributed by atoms with Gasteiger partial charge < -0.3 is 28.4 Å². The highest BCUT2D eigenvalue weighted by molar-refractivity contribution is 6.05. The molecule has 186 valence electrons. The first-order valence-electron chi connectivity index (χ1n) is 11.8. The van der Waals surface area contributed by atoms with Crippen molar-refractivity contribution in [1.82, 2.24) is 0 Å². The normalized spacial score (nSPS) is 28.9. The Labute approximate surface area is 204 Å². The third-order valence-corrected chi connectivity index (χ3v) is 7.80. The molecule has 4 aliphatic rings. The number of carbonyl (C=O) groups excluding carboxylic acids is 2. The highest BCUT2D eigenvalue weighted by Gasteiger charge is 2.58. The number of fused-ring (bicyclic) bond motifs is 2. The molecule has 4 atom stereocenters. The van der Waals surface area contributed by atoms with Crippen molar-refractivity contribution in [3.8, 4) is 17.2 Å². The number of allylic oxidation sites excluding steroid dienone is 2. The third kappa shape index (κ3) is 3.18. The summed E-state index contributed by atoms with van der Waals surface area (Å²) in [5.41, 5.74) is 2.00. The van der Waals surface area contributed by atoms with E-state index >= 15 is 0 Å². The van der Waals surface area contributed by atoms with Crippen LogP contribution >= 0.6 is 0 Å². The van der Waals surface area contributed by atoms with Crippen LogP contribution in [0.3, 0.4) is 0 Å². The summed E-state index contributed by atoms with van der Waals surface area (Å²) in [7, 11) is 2.98. The quantitative estimate of drug-likeness (QED) is 0.464. The lowest BCUT2D eigenvalue weighted by Gasteiger charge is -2.42. The monoisotopic (exact) mass is 482 g/mol. The molecule has 0 aromatic heterocycles. The first-order chi connectivity index (χ1) is 16.8. The summed E-state index contributed by atoms with van der Waals surface area (Å²) in [6.45, 7) is 7.96. The Hall–Kier alpha value is -3.42. The van der Waals surface area contributed by atoms with Crippen molar-refractivity contribution in [2.24, 2.45) is 11.8 Å². The van der Waals surface area contributed by atoms with E-state index in [1.807, 2.05) is 6.07 Å². The van der Waals surface area contributed by atoms with E-state index in [1.54, 1.807) is 26.0 Å². The average molecular weight is 483 g/mol. The number of hydrogen-bond acceptors (Lipinski definition) is 8. The van der Waals surface area contributed by atoms with Crippen molar-refractivity contribution in [2.45, 2.75) is 45.6 Å². The van der Waals surface area contributed by atoms with Gasteiger partial charge in [0.25, 0.3) is 0 Å². The summed E-state index contributed by atoms with van der Waals surface area (Å²) in [5.74, 6) is 1.45. The number of carbonyl (C=O) groups is 2. The number of hydrogen-bond donors (Lipinski definition) is 0. The molecule has 0 saturated carbocycles. The molecule has 1 spiro atoms. The van der Waals surface area contributed by atoms with E-state index in [4.69, 9.17) is 28.4 Å². The van der Waals surface area contributed by atoms with Crippen molar-refractivity contribution in [1.29, 1.82) is 0 Å². The predicted molar refractivity (Wildman–Crippen MR) is 125 cm³/mol. The van der Waals surface area contributed by atoms with Crippen molar-refractivity contribution >= 4 is 11.8 Å². The molecule has 0 fully saturated rings. The highest BCUT2D eigenvalue weighted by Crippen LogP contribution is 2.62. The second kappa shape index (κ2) is 8.36. The van der Waals surface area contributed by atoms with E-state index in [0.717, 1.165) is 16.7 Å². The second-order valence-electron chi connectivity index (χ2n) is 9.54. The van der Waals surface area contributed by atoms with Crippen LogP contribution in [-0.4, -0.2) is 39.4 Å². The molecule has 0 unspecified atom stereocenters. The van der Waals surface area contributed by atoms with Gasteiger partial charge in [-0.1, -0.05) is 19.9 Å². The third-order valence-electron chi connectivity index (χ3n) is 7.80. The molecular weight excluding hydrogens is 452 g/mol. The summed E-state index contributed by atoms with van der Waals surface area (Å²) >= 11 is 0. The van der Waals surface area contributed by atoms with Gasteiger partial charge in [0.2, 0.25) is 24.1 Å². The average Bonchev–Trinajstić information content (AvgIpc) is 3.47. The zero-order chi connectivity index (χ0) is 25.1. The van der Waals surface area contributed by atoms with Gasteiger partial charge in [-0.25, -0.2) is 4.79 Å². The SMILES string of the molecule is C/C=C(/C)C(=O)O[C@H]1c2cc3c(c4c2[C@]2(CO4)C(=CC(=O)C(OC)=C2OC)C[C@H](C)[C@@H]1C)OCO3. The molecule has 2 heterocycles. The van der Waals surface area contributed by atoms with Crippen LogP contribution in [0.5, 0.6) is 17.2 Å². The number of ether oxygens (including phenoxy) is 6. The standard InChI is InChI=1S/C27H30O8/c1-7-13(2)26(29)35-21-15(4)14(3)8-16-9-18(28)22(30-5)25(31-6)27(16)11-32-24-20(27)17(21)10-19-23(24)34-12-33-19/h7,9-10,14-15,21H,8,11-12H2,1-6H3/b13-7-/t14-,15-,21+,27-/m0/s1. The van der Waals surface area contributed by atoms with Gasteiger partial charge in [-0.15, -0.1) is 0 Å². The van der Waals surface area contributed by atoms with Crippen LogP contribution < -0.4 is 14.2 Å². The predicted octanol–water partition coefficient (Wildman–Crippen LogP) is 4.29. The maximum absolute atomic E-state index is 13.0. The minimum Gasteiger partial charge on any atom is -0.496 e. The second-order valence-corrected chi connectivity index (χ2v) is 9.54. The van der Waals surface area contributed by atoms with Crippen LogP contribution in [0.4, 0.5) is 0 Å². The number of rotatable bonds is 4. The summed E-state index contributed by atoms with van der Waals surface area (Å²) in [6.07, 6.45) is 3.38. The number of benzene rings is 1. The number of methoxy groups -OCH3 is 2. The highest BCUT2D eigenvalue weighted by atomic mass is 16.7. The summed E-state index contributed by atoms with van der Waals surface area (Å²) in [5, 5.41) is 0. The van der Waals surface area contributed by atoms with Crippen LogP contribution in [0.25, 0.3) is 0 Å². The Balaban J connectivity index is 1.83. The molecule has 2 aliphatic heterocycles. The molecule has 1 aromatic carbocycles.